The summed E-state index contributed by atoms with van der Waals surface area (Å²) >= 11 is 11.5. The van der Waals surface area contributed by atoms with Gasteiger partial charge in [0.05, 0.1) is 58.2 Å². The van der Waals surface area contributed by atoms with Crippen molar-refractivity contribution in [3.63, 3.8) is 0 Å². The molecule has 0 amide bonds. The topological polar surface area (TPSA) is 253 Å². The number of hydrogen-bond donors (Lipinski definition) is 2. The van der Waals surface area contributed by atoms with E-state index in [2.05, 4.69) is 40.5 Å². The summed E-state index contributed by atoms with van der Waals surface area (Å²) < 4.78 is 85.0. The fraction of sp³-hybridized carbons (Fsp3) is 0.625. The minimum absolute atomic E-state index is 0. The molecule has 0 radical (unpaired) electrons. The molecule has 2 aromatic heterocycles. The van der Waals surface area contributed by atoms with Crippen molar-refractivity contribution in [3.05, 3.63) is 10.6 Å². The third-order valence-corrected chi connectivity index (χ3v) is 5.48. The molecule has 0 saturated carbocycles. The van der Waals surface area contributed by atoms with Crippen LogP contribution in [-0.4, -0.2) is 120 Å². The fourth-order valence-electron chi connectivity index (χ4n) is 2.23. The van der Waals surface area contributed by atoms with Gasteiger partial charge in [-0.15, -0.1) is 0 Å². The van der Waals surface area contributed by atoms with Gasteiger partial charge in [0, 0.05) is 13.1 Å². The standard InChI is InChI=1S/C16H24Cl2N8O10S2.2Na/c17-11-21-13(19-1-9-37(27,28)29)25-15(23-11)35-7-5-33-3-4-34-6-8-36-16-24-12(18)22-14(26-16)20-2-10-38(30,31)32;;/h1-10H2,(H,27,28,29)(H,30,31,32)(H,19,21,23,25)(H,20,22,24,26);;/q;2*+1/p-2. The third kappa shape index (κ3) is 19.6. The molecule has 0 aliphatic heterocycles. The quantitative estimate of drug-likeness (QED) is 0.0802. The smallest absolute Gasteiger partial charge is 0.748 e. The average molecular weight is 667 g/mol. The molecule has 0 spiro atoms. The first-order valence-electron chi connectivity index (χ1n) is 10.5. The Balaban J connectivity index is 0.00000760. The Bertz CT molecular complexity index is 1160. The normalized spacial score (nSPS) is 11.2. The van der Waals surface area contributed by atoms with Gasteiger partial charge in [0.1, 0.15) is 13.2 Å². The van der Waals surface area contributed by atoms with Gasteiger partial charge in [0.25, 0.3) is 0 Å². The van der Waals surface area contributed by atoms with E-state index < -0.39 is 31.7 Å². The zero-order valence-electron chi connectivity index (χ0n) is 21.4. The number of rotatable bonds is 19. The van der Waals surface area contributed by atoms with Crippen molar-refractivity contribution in [1.29, 1.82) is 0 Å². The number of nitrogens with one attached hydrogen (secondary N) is 2. The zero-order valence-corrected chi connectivity index (χ0v) is 28.6. The second-order valence-electron chi connectivity index (χ2n) is 6.72. The van der Waals surface area contributed by atoms with E-state index in [9.17, 15) is 25.9 Å². The van der Waals surface area contributed by atoms with E-state index in [1.807, 2.05) is 0 Å². The van der Waals surface area contributed by atoms with Crippen LogP contribution in [0.1, 0.15) is 0 Å². The molecular formula is C16H22Cl2N8Na2O10S2. The molecule has 0 aliphatic carbocycles. The predicted molar refractivity (Wildman–Crippen MR) is 128 cm³/mol. The Kier molecular flexibility index (Phi) is 20.2. The molecule has 40 heavy (non-hydrogen) atoms. The molecule has 2 rings (SSSR count). The Morgan fingerprint density at radius 1 is 0.600 bits per heavy atom. The van der Waals surface area contributed by atoms with Crippen LogP contribution >= 0.6 is 23.2 Å². The molecule has 0 aromatic carbocycles. The van der Waals surface area contributed by atoms with Crippen molar-refractivity contribution in [3.8, 4) is 12.0 Å². The minimum atomic E-state index is -4.39. The second kappa shape index (κ2) is 20.4. The van der Waals surface area contributed by atoms with Gasteiger partial charge in [-0.3, -0.25) is 0 Å². The summed E-state index contributed by atoms with van der Waals surface area (Å²) in [5.74, 6) is -1.42. The minimum Gasteiger partial charge on any atom is -0.748 e. The molecule has 2 aromatic rings. The molecule has 0 atom stereocenters. The maximum Gasteiger partial charge on any atom is 1.00 e. The van der Waals surface area contributed by atoms with Crippen molar-refractivity contribution >= 4 is 55.3 Å². The summed E-state index contributed by atoms with van der Waals surface area (Å²) in [5.41, 5.74) is 0. The monoisotopic (exact) mass is 666 g/mol. The molecule has 0 unspecified atom stereocenters. The van der Waals surface area contributed by atoms with Gasteiger partial charge in [-0.2, -0.15) is 29.9 Å². The van der Waals surface area contributed by atoms with Crippen molar-refractivity contribution in [2.45, 2.75) is 0 Å². The number of anilines is 2. The zero-order chi connectivity index (χ0) is 28.0. The van der Waals surface area contributed by atoms with Crippen LogP contribution in [0.2, 0.25) is 10.6 Å². The van der Waals surface area contributed by atoms with Gasteiger partial charge < -0.3 is 38.7 Å². The Morgan fingerprint density at radius 3 is 1.30 bits per heavy atom. The Morgan fingerprint density at radius 2 is 0.950 bits per heavy atom. The van der Waals surface area contributed by atoms with E-state index in [0.29, 0.717) is 0 Å². The van der Waals surface area contributed by atoms with E-state index >= 15 is 0 Å². The average Bonchev–Trinajstić information content (AvgIpc) is 2.78. The van der Waals surface area contributed by atoms with Gasteiger partial charge in [-0.05, 0) is 23.2 Å². The SMILES string of the molecule is O=S(=O)([O-])CCNc1nc(Cl)nc(OCCOCCOCCOc2nc(Cl)nc(NCCS(=O)(=O)[O-])n2)n1.[Na+].[Na+]. The van der Waals surface area contributed by atoms with Gasteiger partial charge in [-0.25, -0.2) is 16.8 Å². The van der Waals surface area contributed by atoms with E-state index in [0.717, 1.165) is 0 Å². The van der Waals surface area contributed by atoms with Crippen molar-refractivity contribution in [1.82, 2.24) is 29.9 Å². The van der Waals surface area contributed by atoms with Crippen LogP contribution in [0.5, 0.6) is 12.0 Å². The second-order valence-corrected chi connectivity index (χ2v) is 10.4. The Labute approximate surface area is 284 Å². The summed E-state index contributed by atoms with van der Waals surface area (Å²) in [5, 5.41) is 4.68. The first-order valence-corrected chi connectivity index (χ1v) is 14.4. The molecule has 24 heteroatoms. The van der Waals surface area contributed by atoms with Crippen LogP contribution in [0, 0.1) is 0 Å². The predicted octanol–water partition coefficient (Wildman–Crippen LogP) is -7.22. The van der Waals surface area contributed by atoms with Crippen molar-refractivity contribution in [2.24, 2.45) is 0 Å². The largest absolute Gasteiger partial charge is 1.00 e. The third-order valence-electron chi connectivity index (χ3n) is 3.74. The van der Waals surface area contributed by atoms with Crippen LogP contribution < -0.4 is 79.2 Å². The molecule has 2 heterocycles. The summed E-state index contributed by atoms with van der Waals surface area (Å²) in [6.07, 6.45) is 0. The van der Waals surface area contributed by atoms with E-state index in [4.69, 9.17) is 42.1 Å². The first kappa shape index (κ1) is 39.5. The molecule has 0 fully saturated rings. The maximum atomic E-state index is 10.6. The van der Waals surface area contributed by atoms with Crippen molar-refractivity contribution < 1.29 is 104 Å². The first-order chi connectivity index (χ1) is 17.9. The number of aromatic nitrogens is 6. The maximum absolute atomic E-state index is 10.6. The Hall–Kier alpha value is -0.460. The number of halogens is 2. The van der Waals surface area contributed by atoms with E-state index in [1.54, 1.807) is 0 Å². The van der Waals surface area contributed by atoms with Crippen LogP contribution in [0.4, 0.5) is 11.9 Å². The summed E-state index contributed by atoms with van der Waals surface area (Å²) in [7, 11) is -8.78. The van der Waals surface area contributed by atoms with E-state index in [-0.39, 0.29) is 146 Å². The fourth-order valence-corrected chi connectivity index (χ4v) is 3.24. The van der Waals surface area contributed by atoms with Gasteiger partial charge in [0.2, 0.25) is 22.5 Å². The molecule has 0 aliphatic rings. The van der Waals surface area contributed by atoms with Crippen molar-refractivity contribution in [2.75, 3.05) is 74.9 Å². The van der Waals surface area contributed by atoms with Crippen LogP contribution in [0.15, 0.2) is 0 Å². The molecule has 0 bridgehead atoms. The molecule has 214 valence electrons. The molecule has 2 N–H and O–H groups in total. The molecule has 0 saturated heterocycles. The van der Waals surface area contributed by atoms with Crippen LogP contribution in [0.25, 0.3) is 0 Å². The van der Waals surface area contributed by atoms with Gasteiger partial charge >= 0.3 is 71.1 Å². The number of hydrogen-bond acceptors (Lipinski definition) is 18. The molecule has 18 nitrogen and oxygen atoms in total. The molecular weight excluding hydrogens is 645 g/mol. The number of nitrogens with zero attached hydrogens (tertiary/aromatic N) is 6. The van der Waals surface area contributed by atoms with Gasteiger partial charge in [0.15, 0.2) is 0 Å². The van der Waals surface area contributed by atoms with Gasteiger partial charge in [-0.1, -0.05) is 0 Å². The van der Waals surface area contributed by atoms with E-state index in [1.165, 1.54) is 0 Å². The summed E-state index contributed by atoms with van der Waals surface area (Å²) in [6, 6.07) is -0.247. The van der Waals surface area contributed by atoms with Crippen LogP contribution in [0.3, 0.4) is 0 Å². The summed E-state index contributed by atoms with van der Waals surface area (Å²) in [4.78, 5) is 22.8. The number of ether oxygens (including phenoxy) is 4. The van der Waals surface area contributed by atoms with Crippen LogP contribution in [-0.2, 0) is 29.7 Å². The summed E-state index contributed by atoms with van der Waals surface area (Å²) in [6.45, 7) is 0.487.